The van der Waals surface area contributed by atoms with E-state index in [1.54, 1.807) is 0 Å². The number of hydrogen-bond acceptors (Lipinski definition) is 3. The molecule has 12 heavy (non-hydrogen) atoms. The van der Waals surface area contributed by atoms with E-state index < -0.39 is 15.3 Å². The van der Waals surface area contributed by atoms with Gasteiger partial charge in [-0.3, -0.25) is 0 Å². The van der Waals surface area contributed by atoms with Crippen LogP contribution in [0, 0.1) is 0 Å². The second-order valence-corrected chi connectivity index (χ2v) is 5.36. The highest BCUT2D eigenvalue weighted by atomic mass is 32.2. The Morgan fingerprint density at radius 2 is 1.83 bits per heavy atom. The number of primary sulfonamides is 1. The molecule has 2 N–H and O–H groups in total. The Morgan fingerprint density at radius 1 is 1.17 bits per heavy atom. The molecule has 3 unspecified atom stereocenters. The summed E-state index contributed by atoms with van der Waals surface area (Å²) in [7, 11) is -3.39. The van der Waals surface area contributed by atoms with Gasteiger partial charge in [-0.2, -0.15) is 0 Å². The molecule has 2 rings (SSSR count). The SMILES string of the molecule is NS(=O)(=O)C1CCC2CCC1O2. The van der Waals surface area contributed by atoms with E-state index in [1.807, 2.05) is 0 Å². The first-order valence-corrected chi connectivity index (χ1v) is 5.85. The highest BCUT2D eigenvalue weighted by molar-refractivity contribution is 7.89. The predicted molar refractivity (Wildman–Crippen MR) is 44.0 cm³/mol. The molecule has 2 heterocycles. The van der Waals surface area contributed by atoms with Crippen molar-refractivity contribution in [3.63, 3.8) is 0 Å². The Bertz CT molecular complexity index is 274. The summed E-state index contributed by atoms with van der Waals surface area (Å²) in [5, 5.41) is 4.64. The summed E-state index contributed by atoms with van der Waals surface area (Å²) >= 11 is 0. The number of rotatable bonds is 1. The summed E-state index contributed by atoms with van der Waals surface area (Å²) in [6.07, 6.45) is 3.54. The first-order valence-electron chi connectivity index (χ1n) is 4.24. The third-order valence-electron chi connectivity index (χ3n) is 2.75. The van der Waals surface area contributed by atoms with Crippen molar-refractivity contribution in [2.75, 3.05) is 0 Å². The molecule has 0 radical (unpaired) electrons. The van der Waals surface area contributed by atoms with E-state index in [0.29, 0.717) is 12.5 Å². The zero-order chi connectivity index (χ0) is 8.77. The fourth-order valence-electron chi connectivity index (χ4n) is 2.13. The summed E-state index contributed by atoms with van der Waals surface area (Å²) in [6, 6.07) is 0. The van der Waals surface area contributed by atoms with E-state index in [2.05, 4.69) is 0 Å². The third kappa shape index (κ3) is 1.36. The fraction of sp³-hybridized carbons (Fsp3) is 1.00. The van der Waals surface area contributed by atoms with Gasteiger partial charge >= 0.3 is 0 Å². The average Bonchev–Trinajstić information content (AvgIpc) is 2.30. The quantitative estimate of drug-likeness (QED) is 0.633. The van der Waals surface area contributed by atoms with Crippen LogP contribution in [-0.4, -0.2) is 25.9 Å². The Balaban J connectivity index is 2.18. The van der Waals surface area contributed by atoms with Crippen LogP contribution in [0.5, 0.6) is 0 Å². The topological polar surface area (TPSA) is 69.4 Å². The second-order valence-electron chi connectivity index (χ2n) is 3.58. The summed E-state index contributed by atoms with van der Waals surface area (Å²) in [5.41, 5.74) is 0. The molecule has 4 nitrogen and oxygen atoms in total. The Morgan fingerprint density at radius 3 is 2.50 bits per heavy atom. The lowest BCUT2D eigenvalue weighted by Crippen LogP contribution is -2.41. The molecule has 0 aliphatic carbocycles. The lowest BCUT2D eigenvalue weighted by atomic mass is 10.1. The van der Waals surface area contributed by atoms with Gasteiger partial charge in [0.1, 0.15) is 5.25 Å². The van der Waals surface area contributed by atoms with E-state index in [-0.39, 0.29) is 6.10 Å². The molecule has 0 spiro atoms. The van der Waals surface area contributed by atoms with Crippen LogP contribution in [0.25, 0.3) is 0 Å². The van der Waals surface area contributed by atoms with Gasteiger partial charge in [-0.15, -0.1) is 0 Å². The van der Waals surface area contributed by atoms with Crippen LogP contribution in [-0.2, 0) is 14.8 Å². The first-order chi connectivity index (χ1) is 5.57. The summed E-state index contributed by atoms with van der Waals surface area (Å²) in [6.45, 7) is 0. The van der Waals surface area contributed by atoms with Gasteiger partial charge in [0.2, 0.25) is 10.0 Å². The standard InChI is InChI=1S/C7H13NO3S/c8-12(9,10)7-4-2-5-1-3-6(7)11-5/h5-7H,1-4H2,(H2,8,9,10). The summed E-state index contributed by atoms with van der Waals surface area (Å²) in [4.78, 5) is 0. The van der Waals surface area contributed by atoms with Crippen molar-refractivity contribution >= 4 is 10.0 Å². The maximum atomic E-state index is 11.1. The van der Waals surface area contributed by atoms with E-state index in [0.717, 1.165) is 19.3 Å². The van der Waals surface area contributed by atoms with Crippen molar-refractivity contribution in [1.29, 1.82) is 0 Å². The lowest BCUT2D eigenvalue weighted by molar-refractivity contribution is 0.00840. The number of nitrogens with two attached hydrogens (primary N) is 1. The van der Waals surface area contributed by atoms with Crippen molar-refractivity contribution in [2.45, 2.75) is 43.1 Å². The van der Waals surface area contributed by atoms with Crippen molar-refractivity contribution in [3.05, 3.63) is 0 Å². The van der Waals surface area contributed by atoms with Crippen LogP contribution >= 0.6 is 0 Å². The van der Waals surface area contributed by atoms with Crippen LogP contribution in [0.15, 0.2) is 0 Å². The van der Waals surface area contributed by atoms with Crippen LogP contribution in [0.4, 0.5) is 0 Å². The van der Waals surface area contributed by atoms with Crippen LogP contribution < -0.4 is 5.14 Å². The van der Waals surface area contributed by atoms with E-state index in [1.165, 1.54) is 0 Å². The van der Waals surface area contributed by atoms with Gasteiger partial charge in [-0.05, 0) is 25.7 Å². The molecule has 0 aromatic rings. The van der Waals surface area contributed by atoms with E-state index in [4.69, 9.17) is 9.88 Å². The molecule has 2 fully saturated rings. The molecule has 0 amide bonds. The molecule has 0 aromatic heterocycles. The Hall–Kier alpha value is -0.130. The highest BCUT2D eigenvalue weighted by Crippen LogP contribution is 2.34. The molecule has 2 bridgehead atoms. The van der Waals surface area contributed by atoms with E-state index in [9.17, 15) is 8.42 Å². The molecule has 2 aliphatic heterocycles. The summed E-state index contributed by atoms with van der Waals surface area (Å²) < 4.78 is 27.6. The summed E-state index contributed by atoms with van der Waals surface area (Å²) in [5.74, 6) is 0. The normalized spacial score (nSPS) is 41.6. The largest absolute Gasteiger partial charge is 0.374 e. The zero-order valence-corrected chi connectivity index (χ0v) is 7.59. The van der Waals surface area contributed by atoms with Gasteiger partial charge in [0.05, 0.1) is 12.2 Å². The highest BCUT2D eigenvalue weighted by Gasteiger charge is 2.41. The Labute approximate surface area is 72.1 Å². The van der Waals surface area contributed by atoms with Crippen molar-refractivity contribution in [1.82, 2.24) is 0 Å². The van der Waals surface area contributed by atoms with Gasteiger partial charge in [-0.25, -0.2) is 13.6 Å². The molecule has 0 saturated carbocycles. The smallest absolute Gasteiger partial charge is 0.214 e. The van der Waals surface area contributed by atoms with Crippen LogP contribution in [0.1, 0.15) is 25.7 Å². The second kappa shape index (κ2) is 2.68. The number of ether oxygens (including phenoxy) is 1. The molecule has 0 aromatic carbocycles. The molecule has 70 valence electrons. The van der Waals surface area contributed by atoms with Gasteiger partial charge in [-0.1, -0.05) is 0 Å². The fourth-order valence-corrected chi connectivity index (χ4v) is 3.22. The number of hydrogen-bond donors (Lipinski definition) is 1. The number of sulfonamides is 1. The number of fused-ring (bicyclic) bond motifs is 2. The molecular weight excluding hydrogens is 178 g/mol. The maximum absolute atomic E-state index is 11.1. The molecular formula is C7H13NO3S. The van der Waals surface area contributed by atoms with Crippen molar-refractivity contribution < 1.29 is 13.2 Å². The minimum absolute atomic E-state index is 0.126. The van der Waals surface area contributed by atoms with E-state index >= 15 is 0 Å². The molecule has 2 saturated heterocycles. The minimum atomic E-state index is -3.39. The van der Waals surface area contributed by atoms with Gasteiger partial charge in [0.15, 0.2) is 0 Å². The zero-order valence-electron chi connectivity index (χ0n) is 6.77. The third-order valence-corrected chi connectivity index (χ3v) is 4.13. The van der Waals surface area contributed by atoms with Crippen LogP contribution in [0.3, 0.4) is 0 Å². The monoisotopic (exact) mass is 191 g/mol. The predicted octanol–water partition coefficient (Wildman–Crippen LogP) is -0.0151. The van der Waals surface area contributed by atoms with Gasteiger partial charge < -0.3 is 4.74 Å². The lowest BCUT2D eigenvalue weighted by Gasteiger charge is -2.27. The first kappa shape index (κ1) is 8.47. The molecule has 3 atom stereocenters. The van der Waals surface area contributed by atoms with Gasteiger partial charge in [0.25, 0.3) is 0 Å². The average molecular weight is 191 g/mol. The molecule has 5 heteroatoms. The Kier molecular flexibility index (Phi) is 1.89. The minimum Gasteiger partial charge on any atom is -0.374 e. The molecule has 2 aliphatic rings. The van der Waals surface area contributed by atoms with Crippen molar-refractivity contribution in [2.24, 2.45) is 5.14 Å². The van der Waals surface area contributed by atoms with Crippen LogP contribution in [0.2, 0.25) is 0 Å². The maximum Gasteiger partial charge on any atom is 0.214 e. The van der Waals surface area contributed by atoms with Crippen molar-refractivity contribution in [3.8, 4) is 0 Å². The van der Waals surface area contributed by atoms with Gasteiger partial charge in [0, 0.05) is 0 Å².